The molecule has 3 aliphatic rings. The van der Waals surface area contributed by atoms with Crippen LogP contribution in [-0.4, -0.2) is 75.2 Å². The summed E-state index contributed by atoms with van der Waals surface area (Å²) in [6.45, 7) is 3.49. The molecule has 2 fully saturated rings. The summed E-state index contributed by atoms with van der Waals surface area (Å²) in [6.07, 6.45) is -6.43. The van der Waals surface area contributed by atoms with Crippen molar-refractivity contribution >= 4 is 17.5 Å². The number of nitriles is 1. The van der Waals surface area contributed by atoms with Crippen molar-refractivity contribution < 1.29 is 31.1 Å². The minimum atomic E-state index is -4.74. The molecule has 1 spiro atoms. The summed E-state index contributed by atoms with van der Waals surface area (Å²) in [5.74, 6) is -0.311. The van der Waals surface area contributed by atoms with E-state index in [1.807, 2.05) is 13.1 Å². The molecule has 5 heterocycles. The Morgan fingerprint density at radius 2 is 1.75 bits per heavy atom. The average Bonchev–Trinajstić information content (AvgIpc) is 3.78. The number of amides is 1. The topological polar surface area (TPSA) is 106 Å². The second kappa shape index (κ2) is 13.2. The van der Waals surface area contributed by atoms with Crippen molar-refractivity contribution in [3.8, 4) is 28.6 Å². The second-order valence-electron chi connectivity index (χ2n) is 14.0. The Labute approximate surface area is 295 Å². The van der Waals surface area contributed by atoms with Crippen LogP contribution in [0, 0.1) is 16.7 Å². The summed E-state index contributed by atoms with van der Waals surface area (Å²) < 4.78 is 87.5. The Balaban J connectivity index is 1.29. The van der Waals surface area contributed by atoms with E-state index < -0.39 is 35.9 Å². The van der Waals surface area contributed by atoms with E-state index in [1.54, 1.807) is 11.6 Å². The first-order valence-corrected chi connectivity index (χ1v) is 16.8. The van der Waals surface area contributed by atoms with Crippen molar-refractivity contribution in [2.45, 2.75) is 44.7 Å². The van der Waals surface area contributed by atoms with Gasteiger partial charge in [-0.15, -0.1) is 10.2 Å². The lowest BCUT2D eigenvalue weighted by molar-refractivity contribution is -0.138. The number of pyridine rings is 1. The van der Waals surface area contributed by atoms with E-state index in [9.17, 15) is 31.1 Å². The maximum Gasteiger partial charge on any atom is 0.416 e. The number of aryl methyl sites for hydroxylation is 1. The number of rotatable bonds is 9. The predicted molar refractivity (Wildman–Crippen MR) is 180 cm³/mol. The maximum atomic E-state index is 14.6. The van der Waals surface area contributed by atoms with Crippen LogP contribution in [0.25, 0.3) is 22.5 Å². The number of unbranched alkanes of at least 4 members (excludes halogenated alkanes) is 1. The molecule has 2 aromatic heterocycles. The van der Waals surface area contributed by atoms with Gasteiger partial charge >= 0.3 is 12.4 Å². The second-order valence-corrected chi connectivity index (χ2v) is 14.0. The maximum absolute atomic E-state index is 14.6. The fourth-order valence-electron chi connectivity index (χ4n) is 7.74. The summed E-state index contributed by atoms with van der Waals surface area (Å²) in [4.78, 5) is 24.1. The van der Waals surface area contributed by atoms with Crippen LogP contribution in [0.4, 0.5) is 38.0 Å². The molecule has 0 unspecified atom stereocenters. The molecule has 272 valence electrons. The van der Waals surface area contributed by atoms with Crippen LogP contribution >= 0.6 is 0 Å². The number of anilines is 2. The number of aromatic nitrogens is 4. The van der Waals surface area contributed by atoms with Crippen molar-refractivity contribution in [3.63, 3.8) is 0 Å². The van der Waals surface area contributed by atoms with Crippen LogP contribution in [0.5, 0.6) is 0 Å². The molecule has 52 heavy (non-hydrogen) atoms. The number of alkyl halides is 6. The predicted octanol–water partition coefficient (Wildman–Crippen LogP) is 6.60. The van der Waals surface area contributed by atoms with E-state index in [0.717, 1.165) is 55.7 Å². The zero-order valence-corrected chi connectivity index (χ0v) is 28.4. The summed E-state index contributed by atoms with van der Waals surface area (Å²) in [6, 6.07) is 10.7. The highest BCUT2D eigenvalue weighted by molar-refractivity contribution is 6.10. The first kappa shape index (κ1) is 35.4. The number of halogens is 6. The fraction of sp³-hybridized carbons (Fsp3) is 0.417. The number of hydrogen-bond acceptors (Lipinski definition) is 8. The van der Waals surface area contributed by atoms with E-state index in [4.69, 9.17) is 5.26 Å². The Bertz CT molecular complexity index is 2060. The number of carbonyl (C=O) groups is 1. The van der Waals surface area contributed by atoms with Crippen molar-refractivity contribution in [1.82, 2.24) is 29.5 Å². The van der Waals surface area contributed by atoms with E-state index in [2.05, 4.69) is 30.3 Å². The molecule has 16 heteroatoms. The third kappa shape index (κ3) is 6.82. The van der Waals surface area contributed by atoms with Gasteiger partial charge in [-0.25, -0.2) is 4.98 Å². The quantitative estimate of drug-likeness (QED) is 0.152. The number of carbonyl (C=O) groups excluding carboxylic acids is 1. The van der Waals surface area contributed by atoms with Crippen molar-refractivity contribution in [3.05, 3.63) is 76.6 Å². The molecule has 7 rings (SSSR count). The van der Waals surface area contributed by atoms with Gasteiger partial charge in [0.25, 0.3) is 5.91 Å². The number of likely N-dealkylation sites (tertiary alicyclic amines) is 2. The van der Waals surface area contributed by atoms with Crippen LogP contribution in [-0.2, 0) is 32.5 Å². The third-order valence-corrected chi connectivity index (χ3v) is 10.0. The van der Waals surface area contributed by atoms with Crippen LogP contribution < -0.4 is 10.2 Å². The lowest BCUT2D eigenvalue weighted by atomic mass is 9.79. The average molecular weight is 724 g/mol. The summed E-state index contributed by atoms with van der Waals surface area (Å²) in [5.41, 5.74) is -0.972. The number of fused-ring (bicyclic) bond motifs is 1. The lowest BCUT2D eigenvalue weighted by Gasteiger charge is -2.46. The molecule has 0 saturated carbocycles. The minimum absolute atomic E-state index is 0.0481. The molecular weight excluding hydrogens is 688 g/mol. The van der Waals surface area contributed by atoms with E-state index >= 15 is 0 Å². The molecule has 0 aliphatic carbocycles. The van der Waals surface area contributed by atoms with Gasteiger partial charge in [-0.1, -0.05) is 0 Å². The zero-order chi connectivity index (χ0) is 37.0. The van der Waals surface area contributed by atoms with Crippen LogP contribution in [0.15, 0.2) is 48.8 Å². The van der Waals surface area contributed by atoms with Crippen molar-refractivity contribution in [1.29, 1.82) is 5.26 Å². The molecule has 3 aliphatic heterocycles. The molecule has 0 bridgehead atoms. The largest absolute Gasteiger partial charge is 0.416 e. The van der Waals surface area contributed by atoms with Gasteiger partial charge in [0.05, 0.1) is 23.7 Å². The van der Waals surface area contributed by atoms with Crippen LogP contribution in [0.3, 0.4) is 0 Å². The number of benzene rings is 2. The highest BCUT2D eigenvalue weighted by Crippen LogP contribution is 2.43. The van der Waals surface area contributed by atoms with Gasteiger partial charge in [0.15, 0.2) is 5.82 Å². The van der Waals surface area contributed by atoms with Gasteiger partial charge in [-0.2, -0.15) is 31.6 Å². The zero-order valence-electron chi connectivity index (χ0n) is 28.4. The van der Waals surface area contributed by atoms with Crippen LogP contribution in [0.2, 0.25) is 0 Å². The number of hydrogen-bond donors (Lipinski definition) is 1. The SMILES string of the molecule is CN1CC2(CCN(Cc3cc4c(c(C(F)(F)F)c3)CN(c3cc(-c5cc(C(F)(F)F)ccc5-c5nncn5C)cc(NCCCC#N)n3)C4=O)C2)C1. The standard InChI is InChI=1S/C36H35F6N9O/c1-48-18-34(19-48)7-10-50(20-34)16-22-11-27-28(29(12-22)36(40,41)42)17-51(33(27)52)31-14-23(13-30(46-31)44-9-4-3-8-43)26-15-24(35(37,38)39)5-6-25(26)32-47-45-21-49(32)2/h5-6,11-15,21H,3-4,7,9-10,16-20H2,1-2H3,(H,44,46). The van der Waals surface area contributed by atoms with Gasteiger partial charge in [-0.05, 0) is 91.2 Å². The molecule has 1 N–H and O–H groups in total. The smallest absolute Gasteiger partial charge is 0.370 e. The normalized spacial score (nSPS) is 17.4. The third-order valence-electron chi connectivity index (χ3n) is 10.0. The molecule has 1 amide bonds. The molecule has 0 radical (unpaired) electrons. The van der Waals surface area contributed by atoms with Crippen molar-refractivity contribution in [2.75, 3.05) is 50.0 Å². The molecule has 0 atom stereocenters. The highest BCUT2D eigenvalue weighted by Gasteiger charge is 2.46. The Morgan fingerprint density at radius 1 is 0.962 bits per heavy atom. The Morgan fingerprint density at radius 3 is 2.42 bits per heavy atom. The Hall–Kier alpha value is -5.01. The van der Waals surface area contributed by atoms with Gasteiger partial charge in [-0.3, -0.25) is 14.6 Å². The first-order chi connectivity index (χ1) is 24.6. The minimum Gasteiger partial charge on any atom is -0.370 e. The van der Waals surface area contributed by atoms with Gasteiger partial charge in [0.2, 0.25) is 0 Å². The summed E-state index contributed by atoms with van der Waals surface area (Å²) in [7, 11) is 3.67. The lowest BCUT2D eigenvalue weighted by Crippen LogP contribution is -2.55. The molecule has 4 aromatic rings. The fourth-order valence-corrected chi connectivity index (χ4v) is 7.74. The van der Waals surface area contributed by atoms with Crippen molar-refractivity contribution in [2.24, 2.45) is 12.5 Å². The Kier molecular flexibility index (Phi) is 8.98. The van der Waals surface area contributed by atoms with Crippen LogP contribution in [0.1, 0.15) is 51.9 Å². The first-order valence-electron chi connectivity index (χ1n) is 16.8. The summed E-state index contributed by atoms with van der Waals surface area (Å²) in [5, 5.41) is 20.0. The highest BCUT2D eigenvalue weighted by atomic mass is 19.4. The number of nitrogens with zero attached hydrogens (tertiary/aromatic N) is 8. The van der Waals surface area contributed by atoms with E-state index in [-0.39, 0.29) is 64.6 Å². The summed E-state index contributed by atoms with van der Waals surface area (Å²) >= 11 is 0. The van der Waals surface area contributed by atoms with E-state index in [1.165, 1.54) is 30.6 Å². The molecule has 10 nitrogen and oxygen atoms in total. The van der Waals surface area contributed by atoms with Gasteiger partial charge < -0.3 is 14.8 Å². The monoisotopic (exact) mass is 723 g/mol. The van der Waals surface area contributed by atoms with Gasteiger partial charge in [0.1, 0.15) is 18.0 Å². The molecule has 2 saturated heterocycles. The number of nitrogens with one attached hydrogen (secondary N) is 1. The molecule has 2 aromatic carbocycles. The molecular formula is C36H35F6N9O. The van der Waals surface area contributed by atoms with Gasteiger partial charge in [0, 0.05) is 62.7 Å². The van der Waals surface area contributed by atoms with E-state index in [0.29, 0.717) is 17.5 Å².